The van der Waals surface area contributed by atoms with E-state index in [1.807, 2.05) is 82.0 Å². The number of piperazine rings is 1. The van der Waals surface area contributed by atoms with E-state index in [-0.39, 0.29) is 46.7 Å². The quantitative estimate of drug-likeness (QED) is 0.144. The fraction of sp³-hybridized carbons (Fsp3) is 0.348. The lowest BCUT2D eigenvalue weighted by molar-refractivity contribution is 0.0960. The van der Waals surface area contributed by atoms with Crippen molar-refractivity contribution in [3.05, 3.63) is 93.9 Å². The number of aromatic hydroxyl groups is 1. The van der Waals surface area contributed by atoms with Crippen LogP contribution in [0.2, 0.25) is 0 Å². The molecule has 2 aliphatic rings. The van der Waals surface area contributed by atoms with Gasteiger partial charge in [0.15, 0.2) is 17.1 Å². The number of nitrogens with zero attached hydrogens (tertiary/aromatic N) is 10. The van der Waals surface area contributed by atoms with Crippen LogP contribution in [-0.2, 0) is 7.05 Å². The van der Waals surface area contributed by atoms with Crippen LogP contribution in [0.25, 0.3) is 61.3 Å². The summed E-state index contributed by atoms with van der Waals surface area (Å²) in [6.07, 6.45) is 8.27. The van der Waals surface area contributed by atoms with E-state index in [9.17, 15) is 14.7 Å². The van der Waals surface area contributed by atoms with E-state index in [1.165, 1.54) is 0 Å². The third-order valence-corrected chi connectivity index (χ3v) is 12.8. The lowest BCUT2D eigenvalue weighted by Crippen LogP contribution is -2.56. The van der Waals surface area contributed by atoms with Gasteiger partial charge in [0.2, 0.25) is 0 Å². The van der Waals surface area contributed by atoms with Crippen molar-refractivity contribution in [2.45, 2.75) is 52.2 Å². The van der Waals surface area contributed by atoms with Crippen LogP contribution in [0.3, 0.4) is 0 Å². The fourth-order valence-corrected chi connectivity index (χ4v) is 9.69. The number of phenolic OH excluding ortho intramolecular Hbond substituents is 1. The highest BCUT2D eigenvalue weighted by Crippen LogP contribution is 2.37. The number of amides is 1. The number of hydrogen-bond donors (Lipinski definition) is 5. The summed E-state index contributed by atoms with van der Waals surface area (Å²) in [7, 11) is 5.45. The molecule has 0 radical (unpaired) electrons. The summed E-state index contributed by atoms with van der Waals surface area (Å²) in [5.41, 5.74) is 7.66. The predicted octanol–water partition coefficient (Wildman–Crippen LogP) is 4.40. The Labute approximate surface area is 362 Å². The summed E-state index contributed by atoms with van der Waals surface area (Å²) in [5, 5.41) is 27.4. The molecule has 17 nitrogen and oxygen atoms in total. The van der Waals surface area contributed by atoms with Gasteiger partial charge in [-0.25, -0.2) is 24.9 Å². The van der Waals surface area contributed by atoms with Crippen molar-refractivity contribution in [1.82, 2.24) is 60.0 Å². The summed E-state index contributed by atoms with van der Waals surface area (Å²) >= 11 is 0. The topological polar surface area (TPSA) is 199 Å². The zero-order valence-corrected chi connectivity index (χ0v) is 36.4. The van der Waals surface area contributed by atoms with Gasteiger partial charge in [0.05, 0.1) is 33.9 Å². The number of carbonyl (C=O) groups excluding carboxylic acids is 1. The molecular formula is C46H50N14O3. The Morgan fingerprint density at radius 3 is 2.49 bits per heavy atom. The van der Waals surface area contributed by atoms with Crippen LogP contribution in [0.4, 0.5) is 11.5 Å². The second-order valence-corrected chi connectivity index (χ2v) is 17.2. The number of hydrogen-bond acceptors (Lipinski definition) is 13. The van der Waals surface area contributed by atoms with Gasteiger partial charge in [-0.3, -0.25) is 14.3 Å². The molecule has 2 fully saturated rings. The van der Waals surface area contributed by atoms with Gasteiger partial charge in [0.1, 0.15) is 28.4 Å². The fourth-order valence-electron chi connectivity index (χ4n) is 9.69. The van der Waals surface area contributed by atoms with Crippen molar-refractivity contribution in [3.63, 3.8) is 0 Å². The molecule has 6 aromatic heterocycles. The van der Waals surface area contributed by atoms with Crippen LogP contribution < -0.4 is 31.2 Å². The van der Waals surface area contributed by atoms with Gasteiger partial charge >= 0.3 is 0 Å². The molecule has 0 aliphatic carbocycles. The number of pyridine rings is 2. The Balaban J connectivity index is 0.876. The Bertz CT molecular complexity index is 3190. The molecule has 1 unspecified atom stereocenters. The Kier molecular flexibility index (Phi) is 9.82. The Morgan fingerprint density at radius 1 is 0.873 bits per heavy atom. The maximum atomic E-state index is 13.4. The molecule has 322 valence electrons. The molecule has 0 bridgehead atoms. The zero-order chi connectivity index (χ0) is 43.8. The molecule has 63 heavy (non-hydrogen) atoms. The van der Waals surface area contributed by atoms with Crippen LogP contribution >= 0.6 is 0 Å². The van der Waals surface area contributed by atoms with Gasteiger partial charge in [-0.15, -0.1) is 0 Å². The first-order valence-electron chi connectivity index (χ1n) is 21.3. The number of likely N-dealkylation sites (N-methyl/N-ethyl adjacent to an activating group) is 1. The number of fused-ring (bicyclic) bond motifs is 4. The number of aryl methyl sites for hydroxylation is 4. The molecule has 0 saturated carbocycles. The number of benzene rings is 2. The molecule has 8 aromatic rings. The number of aromatic amines is 1. The number of aromatic nitrogens is 9. The zero-order valence-electron chi connectivity index (χ0n) is 36.4. The number of anilines is 2. The van der Waals surface area contributed by atoms with Gasteiger partial charge in [-0.2, -0.15) is 5.10 Å². The van der Waals surface area contributed by atoms with E-state index >= 15 is 0 Å². The van der Waals surface area contributed by atoms with Gasteiger partial charge in [0, 0.05) is 110 Å². The largest absolute Gasteiger partial charge is 0.507 e. The van der Waals surface area contributed by atoms with Crippen molar-refractivity contribution in [1.29, 1.82) is 0 Å². The highest BCUT2D eigenvalue weighted by atomic mass is 16.3. The summed E-state index contributed by atoms with van der Waals surface area (Å²) in [5.74, 6) is 1.56. The molecule has 4 atom stereocenters. The summed E-state index contributed by atoms with van der Waals surface area (Å²) in [6.45, 7) is 11.0. The SMILES string of the molecule is CNC(=O)c1nc(-c2cc3cn(C)nc3c(C)c2O)nc2ccc(N3C[C@@H](CC4CN(c5ccc6nc(-c7cn8cc(C)[nH]c8c(C)c7=O)ncc6n5)C[C@H]4NC)N[C@@H](C)C3)cc12. The first kappa shape index (κ1) is 40.1. The first-order chi connectivity index (χ1) is 30.3. The van der Waals surface area contributed by atoms with E-state index in [1.54, 1.807) is 24.1 Å². The average Bonchev–Trinajstić information content (AvgIpc) is 4.00. The molecule has 10 rings (SSSR count). The Hall–Kier alpha value is -6.98. The smallest absolute Gasteiger partial charge is 0.270 e. The van der Waals surface area contributed by atoms with E-state index in [4.69, 9.17) is 19.9 Å². The number of phenols is 1. The number of carbonyl (C=O) groups is 1. The lowest BCUT2D eigenvalue weighted by Gasteiger charge is -2.40. The molecule has 17 heteroatoms. The van der Waals surface area contributed by atoms with Crippen molar-refractivity contribution in [3.8, 4) is 28.5 Å². The highest BCUT2D eigenvalue weighted by Gasteiger charge is 2.36. The van der Waals surface area contributed by atoms with Crippen LogP contribution in [-0.4, -0.2) is 113 Å². The van der Waals surface area contributed by atoms with E-state index < -0.39 is 0 Å². The third-order valence-electron chi connectivity index (χ3n) is 12.8. The highest BCUT2D eigenvalue weighted by molar-refractivity contribution is 6.06. The number of imidazole rings is 1. The van der Waals surface area contributed by atoms with Crippen LogP contribution in [0.5, 0.6) is 5.75 Å². The van der Waals surface area contributed by atoms with E-state index in [0.717, 1.165) is 60.8 Å². The average molecular weight is 847 g/mol. The van der Waals surface area contributed by atoms with Gasteiger partial charge < -0.3 is 40.2 Å². The minimum atomic E-state index is -0.333. The van der Waals surface area contributed by atoms with E-state index in [2.05, 4.69) is 53.8 Å². The van der Waals surface area contributed by atoms with Crippen molar-refractivity contribution in [2.75, 3.05) is 50.1 Å². The molecule has 8 heterocycles. The monoisotopic (exact) mass is 846 g/mol. The molecule has 2 aliphatic heterocycles. The summed E-state index contributed by atoms with van der Waals surface area (Å²) in [4.78, 5) is 58.7. The van der Waals surface area contributed by atoms with E-state index in [0.29, 0.717) is 61.4 Å². The Morgan fingerprint density at radius 2 is 1.68 bits per heavy atom. The predicted molar refractivity (Wildman–Crippen MR) is 245 cm³/mol. The number of H-pyrrole nitrogens is 1. The minimum Gasteiger partial charge on any atom is -0.507 e. The second-order valence-electron chi connectivity index (χ2n) is 17.2. The molecule has 2 saturated heterocycles. The second kappa shape index (κ2) is 15.4. The van der Waals surface area contributed by atoms with Crippen molar-refractivity contribution >= 4 is 55.9 Å². The summed E-state index contributed by atoms with van der Waals surface area (Å²) in [6, 6.07) is 12.5. The molecule has 5 N–H and O–H groups in total. The maximum Gasteiger partial charge on any atom is 0.270 e. The normalized spacial score (nSPS) is 19.3. The number of rotatable bonds is 8. The van der Waals surface area contributed by atoms with Gasteiger partial charge in [-0.1, -0.05) is 0 Å². The molecule has 1 amide bonds. The van der Waals surface area contributed by atoms with Crippen molar-refractivity contribution in [2.24, 2.45) is 13.0 Å². The van der Waals surface area contributed by atoms with Gasteiger partial charge in [-0.05, 0) is 83.5 Å². The maximum absolute atomic E-state index is 13.4. The molecule has 0 spiro atoms. The van der Waals surface area contributed by atoms with Crippen LogP contribution in [0, 0.1) is 26.7 Å². The molecule has 2 aromatic carbocycles. The van der Waals surface area contributed by atoms with Crippen molar-refractivity contribution < 1.29 is 9.90 Å². The third kappa shape index (κ3) is 7.06. The summed E-state index contributed by atoms with van der Waals surface area (Å²) < 4.78 is 3.62. The van der Waals surface area contributed by atoms with Crippen LogP contribution in [0.1, 0.15) is 40.7 Å². The first-order valence-corrected chi connectivity index (χ1v) is 21.3. The lowest BCUT2D eigenvalue weighted by atomic mass is 9.93. The standard InChI is InChI=1S/C46H50N14O3/c1-23-16-58(30-8-9-34-31(14-30)40(46(63)48-6)55-44(53-34)32-13-28-18-57(7)56-39(28)25(3)41(32)61)20-29(50-23)12-27-19-59(22-37(27)47-5)38-11-10-35-36(52-38)15-49-43(54-35)33-21-60-17-24(2)51-45(60)26(4)42(33)62/h8-11,13-15,17-18,21,23,27,29,37,47,50-51,61H,12,16,19-20,22H2,1-7H3,(H,48,63)/t23-,27?,29+,37+/m0/s1. The molecular weight excluding hydrogens is 797 g/mol. The minimum absolute atomic E-state index is 0.0384. The van der Waals surface area contributed by atoms with Crippen LogP contribution in [0.15, 0.2) is 66.0 Å². The number of nitrogens with one attached hydrogen (secondary N) is 4. The van der Waals surface area contributed by atoms with Gasteiger partial charge in [0.25, 0.3) is 5.91 Å².